The van der Waals surface area contributed by atoms with Crippen molar-refractivity contribution in [1.82, 2.24) is 0 Å². The Morgan fingerprint density at radius 2 is 1.79 bits per heavy atom. The van der Waals surface area contributed by atoms with Gasteiger partial charge in [0, 0.05) is 12.2 Å². The van der Waals surface area contributed by atoms with Gasteiger partial charge in [0.1, 0.15) is 5.75 Å². The van der Waals surface area contributed by atoms with Crippen LogP contribution in [0.5, 0.6) is 5.75 Å². The number of methoxy groups -OCH3 is 1. The van der Waals surface area contributed by atoms with Crippen LogP contribution in [0, 0.1) is 0 Å². The van der Waals surface area contributed by atoms with Crippen molar-refractivity contribution in [3.63, 3.8) is 0 Å². The number of anilines is 1. The summed E-state index contributed by atoms with van der Waals surface area (Å²) in [5.74, 6) is 0.915. The number of benzene rings is 2. The van der Waals surface area contributed by atoms with Crippen molar-refractivity contribution in [3.05, 3.63) is 59.7 Å². The molecule has 0 bridgehead atoms. The highest BCUT2D eigenvalue weighted by Gasteiger charge is 2.23. The van der Waals surface area contributed by atoms with Crippen LogP contribution < -0.4 is 9.64 Å². The Hall–Kier alpha value is -1.96. The summed E-state index contributed by atoms with van der Waals surface area (Å²) in [7, 11) is 1.70. The molecule has 1 heterocycles. The highest BCUT2D eigenvalue weighted by molar-refractivity contribution is 5.59. The first-order valence-electron chi connectivity index (χ1n) is 6.78. The molecule has 3 rings (SSSR count). The molecule has 98 valence electrons. The molecule has 2 heteroatoms. The maximum absolute atomic E-state index is 5.22. The summed E-state index contributed by atoms with van der Waals surface area (Å²) in [5, 5.41) is 0. The monoisotopic (exact) mass is 253 g/mol. The number of hydrogen-bond acceptors (Lipinski definition) is 2. The molecular weight excluding hydrogens is 234 g/mol. The Bertz CT molecular complexity index is 562. The second kappa shape index (κ2) is 4.96. The summed E-state index contributed by atoms with van der Waals surface area (Å²) in [6, 6.07) is 17.5. The van der Waals surface area contributed by atoms with Gasteiger partial charge < -0.3 is 9.64 Å². The average molecular weight is 253 g/mol. The van der Waals surface area contributed by atoms with Gasteiger partial charge in [0.2, 0.25) is 0 Å². The zero-order valence-corrected chi connectivity index (χ0v) is 11.5. The van der Waals surface area contributed by atoms with E-state index in [1.54, 1.807) is 7.11 Å². The first-order chi connectivity index (χ1) is 9.29. The predicted octanol–water partition coefficient (Wildman–Crippen LogP) is 3.82. The fraction of sp³-hybridized carbons (Fsp3) is 0.294. The van der Waals surface area contributed by atoms with Crippen molar-refractivity contribution in [1.29, 1.82) is 0 Å². The molecule has 0 radical (unpaired) electrons. The first kappa shape index (κ1) is 12.1. The van der Waals surface area contributed by atoms with Crippen molar-refractivity contribution < 1.29 is 4.74 Å². The van der Waals surface area contributed by atoms with Crippen LogP contribution in [0.15, 0.2) is 48.5 Å². The van der Waals surface area contributed by atoms with Gasteiger partial charge in [-0.25, -0.2) is 0 Å². The molecule has 0 saturated heterocycles. The van der Waals surface area contributed by atoms with Crippen LogP contribution in [0.2, 0.25) is 0 Å². The molecule has 0 spiro atoms. The van der Waals surface area contributed by atoms with Gasteiger partial charge in [-0.15, -0.1) is 0 Å². The first-order valence-corrected chi connectivity index (χ1v) is 6.78. The zero-order chi connectivity index (χ0) is 13.2. The number of ether oxygens (including phenoxy) is 1. The fourth-order valence-electron chi connectivity index (χ4n) is 2.83. The minimum atomic E-state index is 0.398. The highest BCUT2D eigenvalue weighted by Crippen LogP contribution is 2.34. The molecule has 1 aliphatic heterocycles. The van der Waals surface area contributed by atoms with E-state index >= 15 is 0 Å². The minimum Gasteiger partial charge on any atom is -0.497 e. The van der Waals surface area contributed by atoms with Crippen LogP contribution >= 0.6 is 0 Å². The summed E-state index contributed by atoms with van der Waals surface area (Å²) in [4.78, 5) is 2.48. The smallest absolute Gasteiger partial charge is 0.118 e. The normalized spacial score (nSPS) is 15.2. The van der Waals surface area contributed by atoms with E-state index in [1.165, 1.54) is 16.8 Å². The third-order valence-electron chi connectivity index (χ3n) is 3.99. The van der Waals surface area contributed by atoms with Crippen molar-refractivity contribution in [2.24, 2.45) is 0 Å². The molecule has 1 atom stereocenters. The Morgan fingerprint density at radius 3 is 2.53 bits per heavy atom. The molecule has 0 N–H and O–H groups in total. The van der Waals surface area contributed by atoms with Crippen molar-refractivity contribution in [3.8, 4) is 5.75 Å². The molecule has 2 aromatic rings. The summed E-state index contributed by atoms with van der Waals surface area (Å²) < 4.78 is 5.22. The van der Waals surface area contributed by atoms with Gasteiger partial charge in [-0.2, -0.15) is 0 Å². The van der Waals surface area contributed by atoms with Gasteiger partial charge >= 0.3 is 0 Å². The van der Waals surface area contributed by atoms with Gasteiger partial charge in [-0.1, -0.05) is 30.3 Å². The second-order valence-electron chi connectivity index (χ2n) is 5.02. The lowest BCUT2D eigenvalue weighted by Crippen LogP contribution is -2.24. The maximum atomic E-state index is 5.22. The van der Waals surface area contributed by atoms with E-state index in [9.17, 15) is 0 Å². The molecule has 0 saturated carbocycles. The van der Waals surface area contributed by atoms with E-state index in [1.807, 2.05) is 12.1 Å². The Labute approximate surface area is 114 Å². The molecule has 2 aromatic carbocycles. The molecule has 0 aliphatic carbocycles. The molecule has 2 nitrogen and oxygen atoms in total. The Morgan fingerprint density at radius 1 is 1.05 bits per heavy atom. The lowest BCUT2D eigenvalue weighted by molar-refractivity contribution is 0.414. The number of rotatable bonds is 3. The molecule has 0 aromatic heterocycles. The van der Waals surface area contributed by atoms with E-state index < -0.39 is 0 Å². The van der Waals surface area contributed by atoms with E-state index in [0.717, 1.165) is 18.7 Å². The van der Waals surface area contributed by atoms with Crippen LogP contribution in [0.4, 0.5) is 5.69 Å². The SMILES string of the molecule is COc1ccc(C(C)N2CCc3ccccc32)cc1. The number of para-hydroxylation sites is 1. The number of nitrogens with zero attached hydrogens (tertiary/aromatic N) is 1. The standard InChI is InChI=1S/C17H19NO/c1-13(14-7-9-16(19-2)10-8-14)18-12-11-15-5-3-4-6-17(15)18/h3-10,13H,11-12H2,1-2H3. The third-order valence-corrected chi connectivity index (χ3v) is 3.99. The van der Waals surface area contributed by atoms with E-state index in [-0.39, 0.29) is 0 Å². The number of hydrogen-bond donors (Lipinski definition) is 0. The van der Waals surface area contributed by atoms with Gasteiger partial charge in [0.15, 0.2) is 0 Å². The Balaban J connectivity index is 1.86. The van der Waals surface area contributed by atoms with Crippen LogP contribution in [0.25, 0.3) is 0 Å². The van der Waals surface area contributed by atoms with Crippen LogP contribution in [-0.2, 0) is 6.42 Å². The quantitative estimate of drug-likeness (QED) is 0.824. The molecule has 19 heavy (non-hydrogen) atoms. The van der Waals surface area contributed by atoms with Crippen LogP contribution in [0.3, 0.4) is 0 Å². The van der Waals surface area contributed by atoms with Crippen molar-refractivity contribution in [2.45, 2.75) is 19.4 Å². The third kappa shape index (κ3) is 2.19. The maximum Gasteiger partial charge on any atom is 0.118 e. The van der Waals surface area contributed by atoms with Gasteiger partial charge in [-0.3, -0.25) is 0 Å². The largest absolute Gasteiger partial charge is 0.497 e. The molecule has 1 aliphatic rings. The zero-order valence-electron chi connectivity index (χ0n) is 11.5. The summed E-state index contributed by atoms with van der Waals surface area (Å²) >= 11 is 0. The molecule has 0 amide bonds. The van der Waals surface area contributed by atoms with E-state index in [4.69, 9.17) is 4.74 Å². The second-order valence-corrected chi connectivity index (χ2v) is 5.02. The molecule has 0 fully saturated rings. The highest BCUT2D eigenvalue weighted by atomic mass is 16.5. The topological polar surface area (TPSA) is 12.5 Å². The van der Waals surface area contributed by atoms with Crippen LogP contribution in [0.1, 0.15) is 24.1 Å². The predicted molar refractivity (Wildman–Crippen MR) is 78.9 cm³/mol. The lowest BCUT2D eigenvalue weighted by atomic mass is 10.1. The minimum absolute atomic E-state index is 0.398. The summed E-state index contributed by atoms with van der Waals surface area (Å²) in [6.07, 6.45) is 1.15. The fourth-order valence-corrected chi connectivity index (χ4v) is 2.83. The van der Waals surface area contributed by atoms with Crippen molar-refractivity contribution in [2.75, 3.05) is 18.6 Å². The average Bonchev–Trinajstić information content (AvgIpc) is 2.90. The number of fused-ring (bicyclic) bond motifs is 1. The van der Waals surface area contributed by atoms with Gasteiger partial charge in [0.05, 0.1) is 13.2 Å². The van der Waals surface area contributed by atoms with Gasteiger partial charge in [-0.05, 0) is 42.7 Å². The Kier molecular flexibility index (Phi) is 3.16. The summed E-state index contributed by atoms with van der Waals surface area (Å²) in [6.45, 7) is 3.37. The van der Waals surface area contributed by atoms with Gasteiger partial charge in [0.25, 0.3) is 0 Å². The molecule has 1 unspecified atom stereocenters. The summed E-state index contributed by atoms with van der Waals surface area (Å²) in [5.41, 5.74) is 4.17. The van der Waals surface area contributed by atoms with E-state index in [0.29, 0.717) is 6.04 Å². The molecular formula is C17H19NO. The van der Waals surface area contributed by atoms with Crippen LogP contribution in [-0.4, -0.2) is 13.7 Å². The lowest BCUT2D eigenvalue weighted by Gasteiger charge is -2.27. The van der Waals surface area contributed by atoms with Crippen molar-refractivity contribution >= 4 is 5.69 Å². The van der Waals surface area contributed by atoms with E-state index in [2.05, 4.69) is 48.2 Å².